The summed E-state index contributed by atoms with van der Waals surface area (Å²) in [6, 6.07) is 10.2. The molecule has 0 atom stereocenters. The lowest BCUT2D eigenvalue weighted by Gasteiger charge is -2.29. The van der Waals surface area contributed by atoms with E-state index in [-0.39, 0.29) is 23.0 Å². The van der Waals surface area contributed by atoms with Gasteiger partial charge in [-0.05, 0) is 63.6 Å². The van der Waals surface area contributed by atoms with Gasteiger partial charge in [0.05, 0.1) is 18.4 Å². The van der Waals surface area contributed by atoms with Crippen molar-refractivity contribution in [3.05, 3.63) is 69.9 Å². The van der Waals surface area contributed by atoms with Gasteiger partial charge in [-0.25, -0.2) is 4.79 Å². The van der Waals surface area contributed by atoms with Gasteiger partial charge in [-0.15, -0.1) is 0 Å². The molecule has 2 aromatic carbocycles. The van der Waals surface area contributed by atoms with Gasteiger partial charge >= 0.3 is 5.97 Å². The number of halogens is 1. The van der Waals surface area contributed by atoms with Crippen LogP contribution in [-0.4, -0.2) is 32.6 Å². The van der Waals surface area contributed by atoms with Crippen LogP contribution in [0.3, 0.4) is 0 Å². The minimum Gasteiger partial charge on any atom is -0.496 e. The maximum atomic E-state index is 13.5. The van der Waals surface area contributed by atoms with E-state index in [9.17, 15) is 18.3 Å². The SMILES string of the molecule is COc1cc(C(=O)O)ccc1COc1cc(Cl)c(C)cc1N(C(C)C)S(=O)(=O)c1ccc(C)o1. The Hall–Kier alpha value is -3.17. The third-order valence-corrected chi connectivity index (χ3v) is 7.36. The van der Waals surface area contributed by atoms with Gasteiger partial charge in [0.1, 0.15) is 23.9 Å². The molecule has 0 saturated carbocycles. The lowest BCUT2D eigenvalue weighted by Crippen LogP contribution is -2.37. The first-order chi connectivity index (χ1) is 15.9. The minimum atomic E-state index is -4.04. The van der Waals surface area contributed by atoms with Crippen molar-refractivity contribution in [2.24, 2.45) is 0 Å². The van der Waals surface area contributed by atoms with Gasteiger partial charge in [0.15, 0.2) is 0 Å². The van der Waals surface area contributed by atoms with Crippen LogP contribution in [0.25, 0.3) is 0 Å². The van der Waals surface area contributed by atoms with Crippen molar-refractivity contribution < 1.29 is 32.2 Å². The fourth-order valence-corrected chi connectivity index (χ4v) is 5.20. The second kappa shape index (κ2) is 9.99. The smallest absolute Gasteiger partial charge is 0.335 e. The Labute approximate surface area is 203 Å². The Morgan fingerprint density at radius 2 is 1.82 bits per heavy atom. The highest BCUT2D eigenvalue weighted by atomic mass is 35.5. The number of ether oxygens (including phenoxy) is 2. The van der Waals surface area contributed by atoms with Crippen molar-refractivity contribution in [3.63, 3.8) is 0 Å². The zero-order chi connectivity index (χ0) is 25.2. The average Bonchev–Trinajstić information content (AvgIpc) is 3.21. The molecule has 0 aliphatic heterocycles. The summed E-state index contributed by atoms with van der Waals surface area (Å²) >= 11 is 6.34. The highest BCUT2D eigenvalue weighted by Gasteiger charge is 2.33. The Bertz CT molecular complexity index is 1310. The molecule has 0 aliphatic rings. The van der Waals surface area contributed by atoms with Crippen LogP contribution in [0.5, 0.6) is 11.5 Å². The number of nitrogens with zero attached hydrogens (tertiary/aromatic N) is 1. The van der Waals surface area contributed by atoms with Crippen LogP contribution in [-0.2, 0) is 16.6 Å². The molecule has 0 aliphatic carbocycles. The van der Waals surface area contributed by atoms with Crippen LogP contribution in [0.1, 0.15) is 41.1 Å². The maximum Gasteiger partial charge on any atom is 0.335 e. The van der Waals surface area contributed by atoms with Gasteiger partial charge < -0.3 is 19.0 Å². The number of carboxylic acids is 1. The predicted octanol–water partition coefficient (Wildman–Crippen LogP) is 5.44. The standard InChI is InChI=1S/C24H26ClNO7S/c1-14(2)26(34(29,30)23-9-6-16(4)33-23)20-10-15(3)19(25)12-22(20)32-13-18-8-7-17(24(27)28)11-21(18)31-5/h6-12,14H,13H2,1-5H3,(H,27,28). The zero-order valence-electron chi connectivity index (χ0n) is 19.5. The molecule has 182 valence electrons. The third-order valence-electron chi connectivity index (χ3n) is 5.09. The number of benzene rings is 2. The van der Waals surface area contributed by atoms with Crippen molar-refractivity contribution in [2.75, 3.05) is 11.4 Å². The lowest BCUT2D eigenvalue weighted by molar-refractivity contribution is 0.0696. The number of hydrogen-bond acceptors (Lipinski definition) is 6. The van der Waals surface area contributed by atoms with Gasteiger partial charge in [0.2, 0.25) is 5.09 Å². The molecule has 0 unspecified atom stereocenters. The first kappa shape index (κ1) is 25.5. The van der Waals surface area contributed by atoms with Crippen LogP contribution >= 0.6 is 11.6 Å². The molecule has 1 heterocycles. The molecule has 8 nitrogen and oxygen atoms in total. The predicted molar refractivity (Wildman–Crippen MR) is 129 cm³/mol. The molecule has 0 radical (unpaired) electrons. The number of furan rings is 1. The van der Waals surface area contributed by atoms with Crippen LogP contribution in [0, 0.1) is 13.8 Å². The topological polar surface area (TPSA) is 106 Å². The van der Waals surface area contributed by atoms with E-state index in [4.69, 9.17) is 25.5 Å². The molecule has 1 aromatic heterocycles. The number of hydrogen-bond donors (Lipinski definition) is 1. The normalized spacial score (nSPS) is 11.5. The Morgan fingerprint density at radius 3 is 2.38 bits per heavy atom. The monoisotopic (exact) mass is 507 g/mol. The summed E-state index contributed by atoms with van der Waals surface area (Å²) in [7, 11) is -2.61. The molecule has 3 rings (SSSR count). The van der Waals surface area contributed by atoms with Crippen LogP contribution in [0.4, 0.5) is 5.69 Å². The summed E-state index contributed by atoms with van der Waals surface area (Å²) in [4.78, 5) is 11.3. The molecule has 1 N–H and O–H groups in total. The number of aromatic carboxylic acids is 1. The molecular weight excluding hydrogens is 482 g/mol. The zero-order valence-corrected chi connectivity index (χ0v) is 21.0. The van der Waals surface area contributed by atoms with E-state index in [2.05, 4.69) is 0 Å². The number of anilines is 1. The second-order valence-electron chi connectivity index (χ2n) is 7.95. The number of methoxy groups -OCH3 is 1. The molecule has 0 saturated heterocycles. The van der Waals surface area contributed by atoms with E-state index in [1.54, 1.807) is 52.0 Å². The molecule has 0 amide bonds. The van der Waals surface area contributed by atoms with Crippen molar-refractivity contribution in [1.29, 1.82) is 0 Å². The fraction of sp³-hybridized carbons (Fsp3) is 0.292. The van der Waals surface area contributed by atoms with Crippen LogP contribution in [0.15, 0.2) is 52.0 Å². The average molecular weight is 508 g/mol. The Balaban J connectivity index is 2.05. The van der Waals surface area contributed by atoms with Crippen molar-refractivity contribution in [1.82, 2.24) is 0 Å². The van der Waals surface area contributed by atoms with E-state index >= 15 is 0 Å². The molecule has 0 fully saturated rings. The van der Waals surface area contributed by atoms with E-state index in [0.717, 1.165) is 0 Å². The summed E-state index contributed by atoms with van der Waals surface area (Å²) in [5.41, 5.74) is 1.62. The third kappa shape index (κ3) is 5.15. The highest BCUT2D eigenvalue weighted by molar-refractivity contribution is 7.92. The first-order valence-electron chi connectivity index (χ1n) is 10.4. The molecule has 3 aromatic rings. The van der Waals surface area contributed by atoms with Crippen LogP contribution < -0.4 is 13.8 Å². The lowest BCUT2D eigenvalue weighted by atomic mass is 10.1. The van der Waals surface area contributed by atoms with Gasteiger partial charge in [-0.2, -0.15) is 8.42 Å². The fourth-order valence-electron chi connectivity index (χ4n) is 3.42. The number of carboxylic acid groups (broad SMARTS) is 1. The molecular formula is C24H26ClNO7S. The summed E-state index contributed by atoms with van der Waals surface area (Å²) < 4.78 is 44.9. The minimum absolute atomic E-state index is 0.0126. The van der Waals surface area contributed by atoms with Crippen LogP contribution in [0.2, 0.25) is 5.02 Å². The van der Waals surface area contributed by atoms with E-state index in [1.165, 1.54) is 29.6 Å². The van der Waals surface area contributed by atoms with E-state index < -0.39 is 22.0 Å². The van der Waals surface area contributed by atoms with E-state index in [1.807, 2.05) is 0 Å². The number of aryl methyl sites for hydroxylation is 2. The van der Waals surface area contributed by atoms with Crippen molar-refractivity contribution in [2.45, 2.75) is 45.4 Å². The number of carbonyl (C=O) groups is 1. The quantitative estimate of drug-likeness (QED) is 0.411. The number of rotatable bonds is 9. The largest absolute Gasteiger partial charge is 0.496 e. The van der Waals surface area contributed by atoms with Gasteiger partial charge in [0, 0.05) is 22.7 Å². The summed E-state index contributed by atoms with van der Waals surface area (Å²) in [6.07, 6.45) is 0. The van der Waals surface area contributed by atoms with Crippen molar-refractivity contribution in [3.8, 4) is 11.5 Å². The Morgan fingerprint density at radius 1 is 1.12 bits per heavy atom. The summed E-state index contributed by atoms with van der Waals surface area (Å²) in [5.74, 6) is -0.0353. The van der Waals surface area contributed by atoms with Crippen molar-refractivity contribution >= 4 is 33.3 Å². The Kier molecular flexibility index (Phi) is 7.48. The molecule has 0 bridgehead atoms. The maximum absolute atomic E-state index is 13.5. The summed E-state index contributed by atoms with van der Waals surface area (Å²) in [5, 5.41) is 9.44. The van der Waals surface area contributed by atoms with Gasteiger partial charge in [-0.3, -0.25) is 4.31 Å². The highest BCUT2D eigenvalue weighted by Crippen LogP contribution is 2.39. The second-order valence-corrected chi connectivity index (χ2v) is 10.1. The molecule has 0 spiro atoms. The number of sulfonamides is 1. The van der Waals surface area contributed by atoms with Gasteiger partial charge in [0.25, 0.3) is 10.0 Å². The first-order valence-corrected chi connectivity index (χ1v) is 12.2. The van der Waals surface area contributed by atoms with Gasteiger partial charge in [-0.1, -0.05) is 17.7 Å². The molecule has 10 heteroatoms. The van der Waals surface area contributed by atoms with E-state index in [0.29, 0.717) is 33.3 Å². The molecule has 34 heavy (non-hydrogen) atoms. The summed E-state index contributed by atoms with van der Waals surface area (Å²) in [6.45, 7) is 6.92.